The number of hydrogen-bond acceptors (Lipinski definition) is 2. The number of halogens is 1. The second-order valence-corrected chi connectivity index (χ2v) is 3.91. The Kier molecular flexibility index (Phi) is 5.75. The van der Waals surface area contributed by atoms with Crippen LogP contribution in [-0.2, 0) is 6.42 Å². The van der Waals surface area contributed by atoms with Crippen LogP contribution in [0.4, 0.5) is 4.39 Å². The van der Waals surface area contributed by atoms with Crippen LogP contribution >= 0.6 is 0 Å². The molecule has 0 saturated carbocycles. The van der Waals surface area contributed by atoms with E-state index in [0.717, 1.165) is 31.2 Å². The highest BCUT2D eigenvalue weighted by molar-refractivity contribution is 5.17. The fourth-order valence-electron chi connectivity index (χ4n) is 1.66. The van der Waals surface area contributed by atoms with Gasteiger partial charge in [0.1, 0.15) is 5.82 Å². The van der Waals surface area contributed by atoms with E-state index in [4.69, 9.17) is 5.84 Å². The minimum atomic E-state index is -0.201. The summed E-state index contributed by atoms with van der Waals surface area (Å²) < 4.78 is 12.7. The number of hydrazine groups is 1. The van der Waals surface area contributed by atoms with Gasteiger partial charge >= 0.3 is 0 Å². The van der Waals surface area contributed by atoms with Gasteiger partial charge in [-0.2, -0.15) is 0 Å². The molecular weight excluding hydrogens is 203 g/mol. The third kappa shape index (κ3) is 4.55. The van der Waals surface area contributed by atoms with E-state index >= 15 is 0 Å². The lowest BCUT2D eigenvalue weighted by molar-refractivity contribution is 0.478. The quantitative estimate of drug-likeness (QED) is 0.322. The first kappa shape index (κ1) is 12.9. The third-order valence-electron chi connectivity index (χ3n) is 2.59. The maximum atomic E-state index is 12.7. The molecule has 0 bridgehead atoms. The van der Waals surface area contributed by atoms with Gasteiger partial charge in [0.2, 0.25) is 0 Å². The molecule has 0 amide bonds. The van der Waals surface area contributed by atoms with Gasteiger partial charge in [0.05, 0.1) is 0 Å². The van der Waals surface area contributed by atoms with Gasteiger partial charge in [0.15, 0.2) is 0 Å². The lowest BCUT2D eigenvalue weighted by Crippen LogP contribution is -2.36. The smallest absolute Gasteiger partial charge is 0.123 e. The predicted octanol–water partition coefficient (Wildman–Crippen LogP) is 2.56. The van der Waals surface area contributed by atoms with E-state index in [1.165, 1.54) is 12.1 Å². The summed E-state index contributed by atoms with van der Waals surface area (Å²) in [6.07, 6.45) is 5.81. The lowest BCUT2D eigenvalue weighted by atomic mass is 10.0. The topological polar surface area (TPSA) is 38.0 Å². The van der Waals surface area contributed by atoms with Gasteiger partial charge in [-0.05, 0) is 43.4 Å². The van der Waals surface area contributed by atoms with Crippen molar-refractivity contribution in [2.75, 3.05) is 0 Å². The molecule has 0 aromatic heterocycles. The van der Waals surface area contributed by atoms with E-state index in [1.54, 1.807) is 12.1 Å². The number of nitrogens with one attached hydrogen (secondary N) is 1. The van der Waals surface area contributed by atoms with Crippen molar-refractivity contribution in [1.82, 2.24) is 5.43 Å². The van der Waals surface area contributed by atoms with Crippen molar-refractivity contribution in [2.45, 2.75) is 31.7 Å². The van der Waals surface area contributed by atoms with Crippen LogP contribution in [0.25, 0.3) is 0 Å². The van der Waals surface area contributed by atoms with Crippen molar-refractivity contribution in [3.05, 3.63) is 48.3 Å². The Balaban J connectivity index is 2.42. The monoisotopic (exact) mass is 222 g/mol. The number of unbranched alkanes of at least 4 members (excludes halogenated alkanes) is 1. The molecule has 0 aliphatic heterocycles. The predicted molar refractivity (Wildman–Crippen MR) is 65.3 cm³/mol. The van der Waals surface area contributed by atoms with Crippen molar-refractivity contribution in [1.29, 1.82) is 0 Å². The van der Waals surface area contributed by atoms with Crippen LogP contribution in [0.15, 0.2) is 36.9 Å². The number of allylic oxidation sites excluding steroid dienone is 1. The standard InChI is InChI=1S/C13H19FN2/c1-2-3-4-5-13(16-15)10-11-6-8-12(14)9-7-11/h2,6-9,13,16H,1,3-5,10,15H2. The zero-order chi connectivity index (χ0) is 11.8. The van der Waals surface area contributed by atoms with E-state index < -0.39 is 0 Å². The molecule has 1 aromatic rings. The summed E-state index contributed by atoms with van der Waals surface area (Å²) in [5.74, 6) is 5.28. The fraction of sp³-hybridized carbons (Fsp3) is 0.385. The molecule has 1 atom stereocenters. The average Bonchev–Trinajstić information content (AvgIpc) is 2.31. The van der Waals surface area contributed by atoms with Gasteiger partial charge in [-0.15, -0.1) is 6.58 Å². The molecule has 0 spiro atoms. The Morgan fingerprint density at radius 3 is 2.62 bits per heavy atom. The second kappa shape index (κ2) is 7.14. The molecule has 0 heterocycles. The van der Waals surface area contributed by atoms with Crippen molar-refractivity contribution < 1.29 is 4.39 Å². The van der Waals surface area contributed by atoms with Crippen LogP contribution in [0.1, 0.15) is 24.8 Å². The molecule has 0 aliphatic carbocycles. The van der Waals surface area contributed by atoms with Crippen LogP contribution in [-0.4, -0.2) is 6.04 Å². The number of benzene rings is 1. The minimum absolute atomic E-state index is 0.201. The summed E-state index contributed by atoms with van der Waals surface area (Å²) >= 11 is 0. The molecular formula is C13H19FN2. The number of hydrogen-bond donors (Lipinski definition) is 2. The highest BCUT2D eigenvalue weighted by atomic mass is 19.1. The summed E-state index contributed by atoms with van der Waals surface area (Å²) in [5.41, 5.74) is 3.90. The van der Waals surface area contributed by atoms with Crippen molar-refractivity contribution in [3.63, 3.8) is 0 Å². The highest BCUT2D eigenvalue weighted by Crippen LogP contribution is 2.09. The van der Waals surface area contributed by atoms with Gasteiger partial charge in [-0.3, -0.25) is 11.3 Å². The molecule has 1 unspecified atom stereocenters. The first-order valence-electron chi connectivity index (χ1n) is 5.57. The highest BCUT2D eigenvalue weighted by Gasteiger charge is 2.06. The summed E-state index contributed by atoms with van der Waals surface area (Å²) in [6, 6.07) is 6.80. The molecule has 1 aromatic carbocycles. The first-order valence-corrected chi connectivity index (χ1v) is 5.57. The van der Waals surface area contributed by atoms with Crippen LogP contribution in [0.5, 0.6) is 0 Å². The lowest BCUT2D eigenvalue weighted by Gasteiger charge is -2.15. The van der Waals surface area contributed by atoms with Crippen molar-refractivity contribution in [3.8, 4) is 0 Å². The Morgan fingerprint density at radius 2 is 2.06 bits per heavy atom. The summed E-state index contributed by atoms with van der Waals surface area (Å²) in [7, 11) is 0. The molecule has 1 rings (SSSR count). The number of rotatable bonds is 7. The van der Waals surface area contributed by atoms with Crippen LogP contribution in [0.2, 0.25) is 0 Å². The molecule has 16 heavy (non-hydrogen) atoms. The van der Waals surface area contributed by atoms with Gasteiger partial charge in [-0.25, -0.2) is 4.39 Å². The molecule has 88 valence electrons. The third-order valence-corrected chi connectivity index (χ3v) is 2.59. The molecule has 0 aliphatic rings. The molecule has 0 fully saturated rings. The number of nitrogens with two attached hydrogens (primary N) is 1. The van der Waals surface area contributed by atoms with Gasteiger partial charge in [0.25, 0.3) is 0 Å². The Morgan fingerprint density at radius 1 is 1.38 bits per heavy atom. The van der Waals surface area contributed by atoms with Gasteiger partial charge in [-0.1, -0.05) is 18.2 Å². The summed E-state index contributed by atoms with van der Waals surface area (Å²) in [6.45, 7) is 3.68. The van der Waals surface area contributed by atoms with Gasteiger partial charge < -0.3 is 0 Å². The zero-order valence-corrected chi connectivity index (χ0v) is 9.45. The van der Waals surface area contributed by atoms with Crippen LogP contribution < -0.4 is 11.3 Å². The van der Waals surface area contributed by atoms with E-state index in [0.29, 0.717) is 0 Å². The SMILES string of the molecule is C=CCCCC(Cc1ccc(F)cc1)NN. The van der Waals surface area contributed by atoms with Crippen molar-refractivity contribution >= 4 is 0 Å². The molecule has 2 nitrogen and oxygen atoms in total. The van der Waals surface area contributed by atoms with E-state index in [-0.39, 0.29) is 11.9 Å². The maximum Gasteiger partial charge on any atom is 0.123 e. The van der Waals surface area contributed by atoms with E-state index in [1.807, 2.05) is 6.08 Å². The first-order chi connectivity index (χ1) is 7.76. The molecule has 3 N–H and O–H groups in total. The van der Waals surface area contributed by atoms with Crippen molar-refractivity contribution in [2.24, 2.45) is 5.84 Å². The zero-order valence-electron chi connectivity index (χ0n) is 9.45. The Hall–Kier alpha value is -1.19. The molecule has 0 saturated heterocycles. The largest absolute Gasteiger partial charge is 0.271 e. The maximum absolute atomic E-state index is 12.7. The normalized spacial score (nSPS) is 12.4. The van der Waals surface area contributed by atoms with Crippen LogP contribution in [0, 0.1) is 5.82 Å². The fourth-order valence-corrected chi connectivity index (χ4v) is 1.66. The van der Waals surface area contributed by atoms with E-state index in [2.05, 4.69) is 12.0 Å². The average molecular weight is 222 g/mol. The molecule has 3 heteroatoms. The summed E-state index contributed by atoms with van der Waals surface area (Å²) in [4.78, 5) is 0. The minimum Gasteiger partial charge on any atom is -0.271 e. The summed E-state index contributed by atoms with van der Waals surface area (Å²) in [5, 5.41) is 0. The molecule has 0 radical (unpaired) electrons. The van der Waals surface area contributed by atoms with Gasteiger partial charge in [0, 0.05) is 6.04 Å². The van der Waals surface area contributed by atoms with Crippen LogP contribution in [0.3, 0.4) is 0 Å². The Bertz CT molecular complexity index is 308. The Labute approximate surface area is 96.3 Å². The second-order valence-electron chi connectivity index (χ2n) is 3.91. The van der Waals surface area contributed by atoms with E-state index in [9.17, 15) is 4.39 Å².